The molecule has 1 aliphatic heterocycles. The maximum Gasteiger partial charge on any atom is 0.331 e. The van der Waals surface area contributed by atoms with Crippen LogP contribution in [-0.4, -0.2) is 38.7 Å². The van der Waals surface area contributed by atoms with Gasteiger partial charge in [0.2, 0.25) is 0 Å². The van der Waals surface area contributed by atoms with Gasteiger partial charge in [0.1, 0.15) is 5.82 Å². The lowest BCUT2D eigenvalue weighted by Gasteiger charge is -2.32. The van der Waals surface area contributed by atoms with Crippen LogP contribution >= 0.6 is 0 Å². The number of allylic oxidation sites excluding steroid dienone is 3. The molecule has 0 aromatic carbocycles. The smallest absolute Gasteiger partial charge is 0.331 e. The van der Waals surface area contributed by atoms with E-state index in [0.717, 1.165) is 41.7 Å². The maximum atomic E-state index is 12.5. The lowest BCUT2D eigenvalue weighted by atomic mass is 9.99. The minimum absolute atomic E-state index is 0.135. The quantitative estimate of drug-likeness (QED) is 0.424. The van der Waals surface area contributed by atoms with Crippen LogP contribution in [0.1, 0.15) is 36.5 Å². The first-order chi connectivity index (χ1) is 15.2. The molecule has 0 saturated carbocycles. The zero-order valence-electron chi connectivity index (χ0n) is 18.3. The number of hydrogen-bond acceptors (Lipinski definition) is 6. The number of nitrogens with zero attached hydrogens (tertiary/aromatic N) is 5. The van der Waals surface area contributed by atoms with Gasteiger partial charge in [-0.05, 0) is 37.1 Å². The summed E-state index contributed by atoms with van der Waals surface area (Å²) in [5.74, 6) is 0.545. The first-order valence-corrected chi connectivity index (χ1v) is 10.1. The van der Waals surface area contributed by atoms with E-state index in [9.17, 15) is 13.6 Å². The van der Waals surface area contributed by atoms with Crippen LogP contribution in [0.4, 0.5) is 8.78 Å². The molecule has 3 rings (SSSR count). The van der Waals surface area contributed by atoms with Crippen molar-refractivity contribution < 1.29 is 8.78 Å². The molecule has 0 saturated heterocycles. The third-order valence-corrected chi connectivity index (χ3v) is 5.37. The Morgan fingerprint density at radius 1 is 1.34 bits per heavy atom. The lowest BCUT2D eigenvalue weighted by molar-refractivity contribution is 0.161. The van der Waals surface area contributed by atoms with Crippen molar-refractivity contribution in [2.24, 2.45) is 17.8 Å². The van der Waals surface area contributed by atoms with Crippen molar-refractivity contribution in [2.45, 2.75) is 33.4 Å². The topological polar surface area (TPSA) is 89.4 Å². The van der Waals surface area contributed by atoms with Crippen molar-refractivity contribution in [3.8, 4) is 0 Å². The van der Waals surface area contributed by atoms with Crippen molar-refractivity contribution in [3.05, 3.63) is 81.1 Å². The average Bonchev–Trinajstić information content (AvgIpc) is 2.75. The highest BCUT2D eigenvalue weighted by atomic mass is 19.3. The zero-order valence-corrected chi connectivity index (χ0v) is 18.3. The number of rotatable bonds is 6. The first-order valence-electron chi connectivity index (χ1n) is 10.1. The summed E-state index contributed by atoms with van der Waals surface area (Å²) in [4.78, 5) is 25.9. The summed E-state index contributed by atoms with van der Waals surface area (Å²) >= 11 is 0. The summed E-state index contributed by atoms with van der Waals surface area (Å²) < 4.78 is 26.6. The molecule has 0 amide bonds. The van der Waals surface area contributed by atoms with Crippen molar-refractivity contribution in [2.75, 3.05) is 6.54 Å². The highest BCUT2D eigenvalue weighted by molar-refractivity contribution is 6.10. The lowest BCUT2D eigenvalue weighted by Crippen LogP contribution is -2.30. The molecule has 168 valence electrons. The Labute approximate surface area is 185 Å². The fourth-order valence-electron chi connectivity index (χ4n) is 3.49. The monoisotopic (exact) mass is 440 g/mol. The van der Waals surface area contributed by atoms with Crippen LogP contribution in [0.2, 0.25) is 0 Å². The summed E-state index contributed by atoms with van der Waals surface area (Å²) in [5.41, 5.74) is 10.8. The van der Waals surface area contributed by atoms with Gasteiger partial charge in [-0.3, -0.25) is 14.3 Å². The fourth-order valence-corrected chi connectivity index (χ4v) is 3.49. The van der Waals surface area contributed by atoms with Gasteiger partial charge in [0, 0.05) is 79.5 Å². The molecule has 9 heteroatoms. The normalized spacial score (nSPS) is 15.2. The number of hydrogen-bond donors (Lipinski definition) is 1. The van der Waals surface area contributed by atoms with Crippen LogP contribution in [0.3, 0.4) is 0 Å². The molecule has 1 aliphatic rings. The van der Waals surface area contributed by atoms with Crippen LogP contribution in [0.15, 0.2) is 57.9 Å². The Hall–Kier alpha value is -3.62. The van der Waals surface area contributed by atoms with Crippen molar-refractivity contribution in [1.29, 1.82) is 0 Å². The molecule has 0 radical (unpaired) electrons. The second kappa shape index (κ2) is 9.67. The molecule has 32 heavy (non-hydrogen) atoms. The molecule has 3 heterocycles. The molecule has 0 spiro atoms. The molecule has 0 atom stereocenters. The summed E-state index contributed by atoms with van der Waals surface area (Å²) in [6, 6.07) is 3.32. The summed E-state index contributed by atoms with van der Waals surface area (Å²) in [6.45, 7) is 6.27. The Morgan fingerprint density at radius 3 is 2.78 bits per heavy atom. The molecule has 2 aromatic heterocycles. The molecule has 0 unspecified atom stereocenters. The van der Waals surface area contributed by atoms with Gasteiger partial charge < -0.3 is 10.6 Å². The number of halogens is 2. The van der Waals surface area contributed by atoms with Gasteiger partial charge in [-0.15, -0.1) is 0 Å². The van der Waals surface area contributed by atoms with E-state index in [0.29, 0.717) is 29.2 Å². The van der Waals surface area contributed by atoms with Gasteiger partial charge in [0.05, 0.1) is 0 Å². The first kappa shape index (κ1) is 23.1. The largest absolute Gasteiger partial charge is 0.402 e. The molecule has 2 aromatic rings. The Balaban J connectivity index is 1.85. The molecule has 0 bridgehead atoms. The van der Waals surface area contributed by atoms with E-state index in [1.54, 1.807) is 20.2 Å². The van der Waals surface area contributed by atoms with Crippen molar-refractivity contribution >= 4 is 17.9 Å². The van der Waals surface area contributed by atoms with Crippen LogP contribution < -0.4 is 11.3 Å². The highest BCUT2D eigenvalue weighted by Gasteiger charge is 2.20. The van der Waals surface area contributed by atoms with Crippen LogP contribution in [0.5, 0.6) is 0 Å². The second-order valence-corrected chi connectivity index (χ2v) is 7.63. The summed E-state index contributed by atoms with van der Waals surface area (Å²) in [6.07, 6.45) is 6.76. The molecule has 2 N–H and O–H groups in total. The van der Waals surface area contributed by atoms with Crippen LogP contribution in [-0.2, 0) is 20.0 Å². The van der Waals surface area contributed by atoms with Gasteiger partial charge in [-0.1, -0.05) is 6.58 Å². The van der Waals surface area contributed by atoms with E-state index < -0.39 is 6.55 Å². The summed E-state index contributed by atoms with van der Waals surface area (Å²) in [5, 5.41) is 0. The minimum Gasteiger partial charge on any atom is -0.402 e. The number of fused-ring (bicyclic) bond motifs is 1. The van der Waals surface area contributed by atoms with Crippen molar-refractivity contribution in [1.82, 2.24) is 19.4 Å². The highest BCUT2D eigenvalue weighted by Crippen LogP contribution is 2.26. The average molecular weight is 440 g/mol. The molecule has 0 fully saturated rings. The second-order valence-electron chi connectivity index (χ2n) is 7.63. The third kappa shape index (κ3) is 5.16. The van der Waals surface area contributed by atoms with E-state index in [1.165, 1.54) is 16.8 Å². The number of aromatic nitrogens is 3. The van der Waals surface area contributed by atoms with Gasteiger partial charge in [-0.25, -0.2) is 9.98 Å². The van der Waals surface area contributed by atoms with E-state index in [2.05, 4.69) is 26.4 Å². The van der Waals surface area contributed by atoms with Crippen LogP contribution in [0.25, 0.3) is 11.6 Å². The number of nitrogens with two attached hydrogens (primary N) is 1. The van der Waals surface area contributed by atoms with Gasteiger partial charge in [-0.2, -0.15) is 8.78 Å². The zero-order chi connectivity index (χ0) is 23.4. The SMILES string of the molecule is C=C(/C(C)=C\c1nccc(=O)n1C)N1CCc2ncc(C(/C=N/C(F)F)=C(\C)N)cc2C1. The predicted molar refractivity (Wildman–Crippen MR) is 122 cm³/mol. The van der Waals surface area contributed by atoms with Crippen molar-refractivity contribution in [3.63, 3.8) is 0 Å². The Bertz CT molecular complexity index is 1180. The Morgan fingerprint density at radius 2 is 2.09 bits per heavy atom. The third-order valence-electron chi connectivity index (χ3n) is 5.37. The molecule has 7 nitrogen and oxygen atoms in total. The van der Waals surface area contributed by atoms with E-state index in [-0.39, 0.29) is 5.56 Å². The number of alkyl halides is 2. The molecular formula is C23H26F2N6O. The molecule has 0 aliphatic carbocycles. The minimum atomic E-state index is -2.80. The van der Waals surface area contributed by atoms with Gasteiger partial charge >= 0.3 is 6.55 Å². The van der Waals surface area contributed by atoms with E-state index >= 15 is 0 Å². The van der Waals surface area contributed by atoms with Gasteiger partial charge in [0.15, 0.2) is 0 Å². The summed E-state index contributed by atoms with van der Waals surface area (Å²) in [7, 11) is 1.67. The van der Waals surface area contributed by atoms with Gasteiger partial charge in [0.25, 0.3) is 5.56 Å². The predicted octanol–water partition coefficient (Wildman–Crippen LogP) is 3.13. The van der Waals surface area contributed by atoms with E-state index in [4.69, 9.17) is 5.73 Å². The standard InChI is InChI=1S/C23H26F2N6O/c1-14(9-21-27-7-5-22(32)30(21)4)16(3)31-8-6-20-18(13-31)10-17(11-28-20)19(15(2)26)12-29-23(24)25/h5,7,9-12,23H,3,6,8,13,26H2,1-2,4H3/b14-9-,19-15+,29-12+. The fraction of sp³-hybridized carbons (Fsp3) is 0.304. The number of pyridine rings is 1. The molecular weight excluding hydrogens is 414 g/mol. The van der Waals surface area contributed by atoms with Crippen LogP contribution in [0, 0.1) is 0 Å². The Kier molecular flexibility index (Phi) is 6.97. The maximum absolute atomic E-state index is 12.5. The number of aliphatic imine (C=N–C) groups is 1. The van der Waals surface area contributed by atoms with E-state index in [1.807, 2.05) is 19.1 Å².